The maximum Gasteiger partial charge on any atom is 0.0633 e. The van der Waals surface area contributed by atoms with Crippen molar-refractivity contribution < 1.29 is 4.74 Å². The van der Waals surface area contributed by atoms with Crippen molar-refractivity contribution >= 4 is 0 Å². The molecule has 1 nitrogen and oxygen atoms in total. The predicted octanol–water partition coefficient (Wildman–Crippen LogP) is 2.38. The lowest BCUT2D eigenvalue weighted by molar-refractivity contribution is 0.0416. The molecular formula is C9H16O. The highest BCUT2D eigenvalue weighted by molar-refractivity contribution is 4.87. The van der Waals surface area contributed by atoms with Crippen LogP contribution in [0, 0.1) is 5.92 Å². The Kier molecular flexibility index (Phi) is 2.94. The lowest BCUT2D eigenvalue weighted by atomic mass is 9.87. The lowest BCUT2D eigenvalue weighted by Gasteiger charge is -2.27. The van der Waals surface area contributed by atoms with E-state index in [1.165, 1.54) is 25.7 Å². The second kappa shape index (κ2) is 3.77. The van der Waals surface area contributed by atoms with Gasteiger partial charge in [0.1, 0.15) is 0 Å². The van der Waals surface area contributed by atoms with Gasteiger partial charge < -0.3 is 4.74 Å². The molecule has 0 aromatic carbocycles. The quantitative estimate of drug-likeness (QED) is 0.535. The van der Waals surface area contributed by atoms with E-state index in [9.17, 15) is 0 Å². The molecule has 1 aliphatic carbocycles. The van der Waals surface area contributed by atoms with Crippen molar-refractivity contribution in [3.8, 4) is 0 Å². The summed E-state index contributed by atoms with van der Waals surface area (Å²) in [6.07, 6.45) is 7.63. The van der Waals surface area contributed by atoms with Crippen molar-refractivity contribution in [1.82, 2.24) is 0 Å². The van der Waals surface area contributed by atoms with Gasteiger partial charge in [-0.25, -0.2) is 0 Å². The van der Waals surface area contributed by atoms with Gasteiger partial charge in [0.25, 0.3) is 0 Å². The van der Waals surface area contributed by atoms with E-state index in [1.54, 1.807) is 7.11 Å². The van der Waals surface area contributed by atoms with Crippen LogP contribution >= 0.6 is 0 Å². The van der Waals surface area contributed by atoms with Crippen LogP contribution in [0.5, 0.6) is 0 Å². The zero-order chi connectivity index (χ0) is 7.40. The van der Waals surface area contributed by atoms with Crippen molar-refractivity contribution in [2.24, 2.45) is 5.92 Å². The van der Waals surface area contributed by atoms with Gasteiger partial charge in [-0.05, 0) is 12.8 Å². The van der Waals surface area contributed by atoms with Gasteiger partial charge in [-0.2, -0.15) is 0 Å². The fourth-order valence-electron chi connectivity index (χ4n) is 1.69. The first kappa shape index (κ1) is 7.80. The highest BCUT2D eigenvalue weighted by Crippen LogP contribution is 2.26. The average Bonchev–Trinajstić information content (AvgIpc) is 2.04. The number of ether oxygens (including phenoxy) is 1. The fraction of sp³-hybridized carbons (Fsp3) is 0.778. The first-order chi connectivity index (χ1) is 4.88. The Bertz CT molecular complexity index is 109. The highest BCUT2D eigenvalue weighted by atomic mass is 16.5. The Morgan fingerprint density at radius 1 is 1.40 bits per heavy atom. The molecule has 0 aliphatic heterocycles. The van der Waals surface area contributed by atoms with E-state index >= 15 is 0 Å². The first-order valence-electron chi connectivity index (χ1n) is 4.04. The van der Waals surface area contributed by atoms with Gasteiger partial charge in [-0.15, -0.1) is 6.58 Å². The van der Waals surface area contributed by atoms with Gasteiger partial charge in [0.05, 0.1) is 6.10 Å². The van der Waals surface area contributed by atoms with Gasteiger partial charge in [0, 0.05) is 13.0 Å². The summed E-state index contributed by atoms with van der Waals surface area (Å²) in [5.41, 5.74) is 0. The van der Waals surface area contributed by atoms with Crippen LogP contribution in [0.2, 0.25) is 0 Å². The van der Waals surface area contributed by atoms with E-state index in [0.717, 1.165) is 0 Å². The minimum absolute atomic E-state index is 0.450. The van der Waals surface area contributed by atoms with Crippen LogP contribution in [0.4, 0.5) is 0 Å². The summed E-state index contributed by atoms with van der Waals surface area (Å²) in [4.78, 5) is 0. The standard InChI is InChI=1S/C9H16O/c1-3-8-6-4-5-7-9(8)10-2/h3,8-9H,1,4-7H2,2H3/t8-,9+/m0/s1. The molecule has 1 rings (SSSR count). The maximum absolute atomic E-state index is 5.32. The molecule has 0 bridgehead atoms. The van der Waals surface area contributed by atoms with Gasteiger partial charge >= 0.3 is 0 Å². The van der Waals surface area contributed by atoms with E-state index in [1.807, 2.05) is 6.08 Å². The zero-order valence-electron chi connectivity index (χ0n) is 6.68. The minimum atomic E-state index is 0.450. The van der Waals surface area contributed by atoms with Crippen molar-refractivity contribution in [2.45, 2.75) is 31.8 Å². The summed E-state index contributed by atoms with van der Waals surface area (Å²) < 4.78 is 5.32. The van der Waals surface area contributed by atoms with Crippen LogP contribution in [0.25, 0.3) is 0 Å². The summed E-state index contributed by atoms with van der Waals surface area (Å²) in [7, 11) is 1.80. The Balaban J connectivity index is 2.41. The lowest BCUT2D eigenvalue weighted by Crippen LogP contribution is -2.24. The summed E-state index contributed by atoms with van der Waals surface area (Å²) in [6, 6.07) is 0. The molecule has 0 N–H and O–H groups in total. The second-order valence-corrected chi connectivity index (χ2v) is 2.96. The monoisotopic (exact) mass is 140 g/mol. The zero-order valence-corrected chi connectivity index (χ0v) is 6.68. The minimum Gasteiger partial charge on any atom is -0.381 e. The second-order valence-electron chi connectivity index (χ2n) is 2.96. The molecule has 0 aromatic heterocycles. The average molecular weight is 140 g/mol. The van der Waals surface area contributed by atoms with Crippen LogP contribution in [0.3, 0.4) is 0 Å². The fourth-order valence-corrected chi connectivity index (χ4v) is 1.69. The number of rotatable bonds is 2. The summed E-state index contributed by atoms with van der Waals surface area (Å²) in [5, 5.41) is 0. The van der Waals surface area contributed by atoms with Crippen LogP contribution < -0.4 is 0 Å². The molecule has 0 aromatic rings. The predicted molar refractivity (Wildman–Crippen MR) is 43.0 cm³/mol. The molecule has 1 aliphatic rings. The highest BCUT2D eigenvalue weighted by Gasteiger charge is 2.21. The third-order valence-electron chi connectivity index (χ3n) is 2.36. The van der Waals surface area contributed by atoms with E-state index in [4.69, 9.17) is 4.74 Å². The smallest absolute Gasteiger partial charge is 0.0633 e. The van der Waals surface area contributed by atoms with Crippen LogP contribution in [-0.4, -0.2) is 13.2 Å². The molecule has 1 saturated carbocycles. The molecule has 1 heteroatoms. The normalized spacial score (nSPS) is 33.7. The van der Waals surface area contributed by atoms with E-state index < -0.39 is 0 Å². The SMILES string of the molecule is C=C[C@H]1CCCC[C@H]1OC. The Morgan fingerprint density at radius 3 is 2.60 bits per heavy atom. The largest absolute Gasteiger partial charge is 0.381 e. The first-order valence-corrected chi connectivity index (χ1v) is 4.04. The van der Waals surface area contributed by atoms with E-state index in [2.05, 4.69) is 6.58 Å². The third-order valence-corrected chi connectivity index (χ3v) is 2.36. The molecule has 0 saturated heterocycles. The van der Waals surface area contributed by atoms with Crippen molar-refractivity contribution in [3.63, 3.8) is 0 Å². The van der Waals surface area contributed by atoms with E-state index in [-0.39, 0.29) is 0 Å². The molecule has 58 valence electrons. The van der Waals surface area contributed by atoms with Crippen molar-refractivity contribution in [2.75, 3.05) is 7.11 Å². The number of hydrogen-bond acceptors (Lipinski definition) is 1. The molecule has 2 atom stereocenters. The summed E-state index contributed by atoms with van der Waals surface area (Å²) >= 11 is 0. The van der Waals surface area contributed by atoms with Gasteiger partial charge in [-0.1, -0.05) is 18.9 Å². The van der Waals surface area contributed by atoms with Crippen LogP contribution in [0.15, 0.2) is 12.7 Å². The maximum atomic E-state index is 5.32. The van der Waals surface area contributed by atoms with Gasteiger partial charge in [-0.3, -0.25) is 0 Å². The Labute approximate surface area is 63.1 Å². The Morgan fingerprint density at radius 2 is 2.10 bits per heavy atom. The molecule has 0 spiro atoms. The van der Waals surface area contributed by atoms with E-state index in [0.29, 0.717) is 12.0 Å². The van der Waals surface area contributed by atoms with Gasteiger partial charge in [0.15, 0.2) is 0 Å². The van der Waals surface area contributed by atoms with Crippen LogP contribution in [-0.2, 0) is 4.74 Å². The number of hydrogen-bond donors (Lipinski definition) is 0. The molecule has 1 fully saturated rings. The van der Waals surface area contributed by atoms with Gasteiger partial charge in [0.2, 0.25) is 0 Å². The summed E-state index contributed by atoms with van der Waals surface area (Å²) in [6.45, 7) is 3.80. The molecular weight excluding hydrogens is 124 g/mol. The van der Waals surface area contributed by atoms with Crippen LogP contribution in [0.1, 0.15) is 25.7 Å². The molecule has 0 heterocycles. The van der Waals surface area contributed by atoms with Crippen molar-refractivity contribution in [3.05, 3.63) is 12.7 Å². The summed E-state index contributed by atoms with van der Waals surface area (Å²) in [5.74, 6) is 0.610. The molecule has 0 unspecified atom stereocenters. The topological polar surface area (TPSA) is 9.23 Å². The molecule has 10 heavy (non-hydrogen) atoms. The Hall–Kier alpha value is -0.300. The third kappa shape index (κ3) is 1.60. The number of methoxy groups -OCH3 is 1. The molecule has 0 amide bonds. The van der Waals surface area contributed by atoms with Crippen molar-refractivity contribution in [1.29, 1.82) is 0 Å². The molecule has 0 radical (unpaired) electrons.